The van der Waals surface area contributed by atoms with Gasteiger partial charge in [0.25, 0.3) is 5.91 Å². The van der Waals surface area contributed by atoms with Gasteiger partial charge in [0, 0.05) is 12.2 Å². The summed E-state index contributed by atoms with van der Waals surface area (Å²) in [5, 5.41) is 2.59. The number of carbonyl (C=O) groups excluding carboxylic acids is 2. The molecule has 0 radical (unpaired) electrons. The van der Waals surface area contributed by atoms with Gasteiger partial charge in [0.2, 0.25) is 5.44 Å². The van der Waals surface area contributed by atoms with Crippen LogP contribution in [-0.2, 0) is 9.53 Å². The van der Waals surface area contributed by atoms with Crippen molar-refractivity contribution in [2.45, 2.75) is 18.8 Å². The number of alkyl carbamates (subject to hydrolysis) is 1. The highest BCUT2D eigenvalue weighted by Gasteiger charge is 2.36. The topological polar surface area (TPSA) is 58.6 Å². The summed E-state index contributed by atoms with van der Waals surface area (Å²) in [6.07, 6.45) is 0.291. The van der Waals surface area contributed by atoms with Crippen LogP contribution in [0.2, 0.25) is 0 Å². The Kier molecular flexibility index (Phi) is 4.68. The molecule has 1 heterocycles. The molecule has 0 aromatic heterocycles. The largest absolute Gasteiger partial charge is 0.425 e. The molecule has 1 saturated heterocycles. The van der Waals surface area contributed by atoms with E-state index in [4.69, 9.17) is 4.74 Å². The lowest BCUT2D eigenvalue weighted by atomic mass is 10.3. The summed E-state index contributed by atoms with van der Waals surface area (Å²) < 4.78 is 5.10. The van der Waals surface area contributed by atoms with Gasteiger partial charge in [0.1, 0.15) is 0 Å². The summed E-state index contributed by atoms with van der Waals surface area (Å²) in [4.78, 5) is 25.2. The Balaban J connectivity index is 1.93. The first kappa shape index (κ1) is 13.7. The predicted octanol–water partition coefficient (Wildman–Crippen LogP) is 2.19. The minimum absolute atomic E-state index is 0.192. The van der Waals surface area contributed by atoms with Gasteiger partial charge in [-0.25, -0.2) is 4.79 Å². The van der Waals surface area contributed by atoms with E-state index in [9.17, 15) is 9.59 Å². The molecule has 0 bridgehead atoms. The monoisotopic (exact) mass is 280 g/mol. The summed E-state index contributed by atoms with van der Waals surface area (Å²) in [7, 11) is 0. The summed E-state index contributed by atoms with van der Waals surface area (Å²) in [6.45, 7) is 2.50. The second-order valence-corrected chi connectivity index (χ2v) is 5.08. The standard InChI is InChI=1S/C13H16N2O3S/c1-2-8-14-13(17)18-12-11(16)15(9-19-12)10-6-4-3-5-7-10/h3-7,12H,2,8-9H2,1H3,(H,14,17). The highest BCUT2D eigenvalue weighted by molar-refractivity contribution is 8.01. The Morgan fingerprint density at radius 2 is 2.21 bits per heavy atom. The lowest BCUT2D eigenvalue weighted by molar-refractivity contribution is -0.122. The lowest BCUT2D eigenvalue weighted by Crippen LogP contribution is -2.35. The number of hydrogen-bond donors (Lipinski definition) is 1. The van der Waals surface area contributed by atoms with Crippen LogP contribution in [0, 0.1) is 0 Å². The molecule has 1 N–H and O–H groups in total. The minimum Gasteiger partial charge on any atom is -0.425 e. The SMILES string of the molecule is CCCNC(=O)OC1SCN(c2ccccc2)C1=O. The smallest absolute Gasteiger partial charge is 0.408 e. The van der Waals surface area contributed by atoms with E-state index in [2.05, 4.69) is 5.32 Å². The van der Waals surface area contributed by atoms with Crippen molar-refractivity contribution in [1.82, 2.24) is 5.32 Å². The van der Waals surface area contributed by atoms with Crippen LogP contribution in [0.1, 0.15) is 13.3 Å². The van der Waals surface area contributed by atoms with Crippen molar-refractivity contribution in [3.63, 3.8) is 0 Å². The number of thioether (sulfide) groups is 1. The van der Waals surface area contributed by atoms with E-state index < -0.39 is 11.5 Å². The molecule has 1 aromatic rings. The van der Waals surface area contributed by atoms with Crippen LogP contribution in [0.3, 0.4) is 0 Å². The maximum absolute atomic E-state index is 12.1. The van der Waals surface area contributed by atoms with Crippen LogP contribution in [0.15, 0.2) is 30.3 Å². The van der Waals surface area contributed by atoms with Gasteiger partial charge in [-0.2, -0.15) is 0 Å². The third-order valence-electron chi connectivity index (χ3n) is 2.62. The third-order valence-corrected chi connectivity index (χ3v) is 3.63. The van der Waals surface area contributed by atoms with Gasteiger partial charge >= 0.3 is 6.09 Å². The number of amides is 2. The molecule has 19 heavy (non-hydrogen) atoms. The number of rotatable bonds is 4. The summed E-state index contributed by atoms with van der Waals surface area (Å²) in [6, 6.07) is 9.35. The molecule has 1 aliphatic heterocycles. The van der Waals surface area contributed by atoms with Crippen molar-refractivity contribution < 1.29 is 14.3 Å². The van der Waals surface area contributed by atoms with Crippen LogP contribution in [-0.4, -0.2) is 29.9 Å². The number of nitrogens with one attached hydrogen (secondary N) is 1. The first-order valence-corrected chi connectivity index (χ1v) is 7.19. The molecule has 0 aliphatic carbocycles. The molecule has 2 rings (SSSR count). The van der Waals surface area contributed by atoms with Crippen molar-refractivity contribution in [3.05, 3.63) is 30.3 Å². The molecular weight excluding hydrogens is 264 g/mol. The fourth-order valence-electron chi connectivity index (χ4n) is 1.66. The van der Waals surface area contributed by atoms with Gasteiger partial charge in [-0.05, 0) is 18.6 Å². The average molecular weight is 280 g/mol. The first-order valence-electron chi connectivity index (χ1n) is 6.15. The van der Waals surface area contributed by atoms with E-state index in [1.54, 1.807) is 4.90 Å². The normalized spacial score (nSPS) is 18.5. The van der Waals surface area contributed by atoms with Crippen LogP contribution >= 0.6 is 11.8 Å². The zero-order chi connectivity index (χ0) is 13.7. The number of hydrogen-bond acceptors (Lipinski definition) is 4. The van der Waals surface area contributed by atoms with Gasteiger partial charge in [-0.3, -0.25) is 9.69 Å². The quantitative estimate of drug-likeness (QED) is 0.918. The lowest BCUT2D eigenvalue weighted by Gasteiger charge is -2.15. The van der Waals surface area contributed by atoms with Crippen LogP contribution in [0.4, 0.5) is 10.5 Å². The fraction of sp³-hybridized carbons (Fsp3) is 0.385. The number of benzene rings is 1. The molecule has 1 atom stereocenters. The van der Waals surface area contributed by atoms with Crippen molar-refractivity contribution in [1.29, 1.82) is 0 Å². The van der Waals surface area contributed by atoms with Crippen LogP contribution in [0.25, 0.3) is 0 Å². The number of nitrogens with zero attached hydrogens (tertiary/aromatic N) is 1. The molecule has 6 heteroatoms. The van der Waals surface area contributed by atoms with E-state index >= 15 is 0 Å². The third kappa shape index (κ3) is 3.41. The maximum Gasteiger partial charge on any atom is 0.408 e. The van der Waals surface area contributed by atoms with E-state index in [0.717, 1.165) is 12.1 Å². The Hall–Kier alpha value is -1.69. The Morgan fingerprint density at radius 1 is 1.47 bits per heavy atom. The molecule has 1 unspecified atom stereocenters. The minimum atomic E-state index is -0.753. The first-order chi connectivity index (χ1) is 9.22. The molecule has 1 aromatic carbocycles. The highest BCUT2D eigenvalue weighted by Crippen LogP contribution is 2.29. The fourth-order valence-corrected chi connectivity index (χ4v) is 2.65. The Labute approximate surface area is 116 Å². The molecule has 5 nitrogen and oxygen atoms in total. The van der Waals surface area contributed by atoms with Crippen LogP contribution < -0.4 is 10.2 Å². The van der Waals surface area contributed by atoms with E-state index in [1.807, 2.05) is 37.3 Å². The van der Waals surface area contributed by atoms with Crippen molar-refractivity contribution in [2.75, 3.05) is 17.3 Å². The van der Waals surface area contributed by atoms with Crippen molar-refractivity contribution in [3.8, 4) is 0 Å². The molecule has 1 fully saturated rings. The highest BCUT2D eigenvalue weighted by atomic mass is 32.2. The second-order valence-electron chi connectivity index (χ2n) is 4.06. The molecule has 1 aliphatic rings. The van der Waals surface area contributed by atoms with E-state index in [1.165, 1.54) is 11.8 Å². The molecular formula is C13H16N2O3S. The summed E-state index contributed by atoms with van der Waals surface area (Å²) in [5.74, 6) is 0.303. The molecule has 0 spiro atoms. The number of anilines is 1. The zero-order valence-electron chi connectivity index (χ0n) is 10.7. The number of carbonyl (C=O) groups is 2. The Morgan fingerprint density at radius 3 is 2.89 bits per heavy atom. The van der Waals surface area contributed by atoms with Crippen molar-refractivity contribution >= 4 is 29.4 Å². The van der Waals surface area contributed by atoms with Crippen LogP contribution in [0.5, 0.6) is 0 Å². The Bertz CT molecular complexity index is 452. The van der Waals surface area contributed by atoms with E-state index in [-0.39, 0.29) is 5.91 Å². The summed E-state index contributed by atoms with van der Waals surface area (Å²) >= 11 is 1.31. The van der Waals surface area contributed by atoms with Crippen molar-refractivity contribution in [2.24, 2.45) is 0 Å². The predicted molar refractivity (Wildman–Crippen MR) is 74.9 cm³/mol. The van der Waals surface area contributed by atoms with Gasteiger partial charge < -0.3 is 10.1 Å². The van der Waals surface area contributed by atoms with Gasteiger partial charge in [-0.15, -0.1) is 0 Å². The zero-order valence-corrected chi connectivity index (χ0v) is 11.5. The van der Waals surface area contributed by atoms with Gasteiger partial charge in [0.15, 0.2) is 0 Å². The van der Waals surface area contributed by atoms with E-state index in [0.29, 0.717) is 12.4 Å². The summed E-state index contributed by atoms with van der Waals surface area (Å²) in [5.41, 5.74) is 0.0668. The molecule has 0 saturated carbocycles. The van der Waals surface area contributed by atoms with Gasteiger partial charge in [-0.1, -0.05) is 36.9 Å². The van der Waals surface area contributed by atoms with Gasteiger partial charge in [0.05, 0.1) is 5.88 Å². The average Bonchev–Trinajstić information content (AvgIpc) is 2.79. The molecule has 2 amide bonds. The maximum atomic E-state index is 12.1. The number of ether oxygens (including phenoxy) is 1. The molecule has 102 valence electrons. The second kappa shape index (κ2) is 6.47. The number of para-hydroxylation sites is 1.